The van der Waals surface area contributed by atoms with Crippen LogP contribution in [0.25, 0.3) is 0 Å². The van der Waals surface area contributed by atoms with Crippen molar-refractivity contribution in [3.63, 3.8) is 0 Å². The number of aryl methyl sites for hydroxylation is 1. The van der Waals surface area contributed by atoms with Crippen LogP contribution in [0.3, 0.4) is 0 Å². The van der Waals surface area contributed by atoms with Crippen molar-refractivity contribution in [2.24, 2.45) is 0 Å². The van der Waals surface area contributed by atoms with Gasteiger partial charge in [-0.15, -0.1) is 0 Å². The number of nitrogens with one attached hydrogen (secondary N) is 1. The average Bonchev–Trinajstić information content (AvgIpc) is 2.27. The van der Waals surface area contributed by atoms with E-state index in [9.17, 15) is 13.0 Å². The van der Waals surface area contributed by atoms with Crippen LogP contribution < -0.4 is 5.32 Å². The highest BCUT2D eigenvalue weighted by molar-refractivity contribution is 7.85. The largest absolute Gasteiger partial charge is 0.316 e. The van der Waals surface area contributed by atoms with Crippen molar-refractivity contribution in [2.75, 3.05) is 13.1 Å². The van der Waals surface area contributed by atoms with Gasteiger partial charge in [0.1, 0.15) is 5.67 Å². The van der Waals surface area contributed by atoms with Crippen LogP contribution in [0.1, 0.15) is 29.5 Å². The summed E-state index contributed by atoms with van der Waals surface area (Å²) < 4.78 is 46.9. The summed E-state index contributed by atoms with van der Waals surface area (Å²) in [5, 5.41) is 3.09. The number of piperidine rings is 1. The zero-order chi connectivity index (χ0) is 14.3. The molecule has 106 valence electrons. The highest BCUT2D eigenvalue weighted by atomic mass is 32.2. The molecule has 0 atom stereocenters. The Morgan fingerprint density at radius 1 is 1.26 bits per heavy atom. The normalized spacial score (nSPS) is 19.4. The minimum atomic E-state index is -4.32. The molecule has 0 radical (unpaired) electrons. The molecule has 4 nitrogen and oxygen atoms in total. The van der Waals surface area contributed by atoms with Crippen LogP contribution in [0.4, 0.5) is 4.39 Å². The molecule has 1 aliphatic heterocycles. The topological polar surface area (TPSA) is 66.4 Å². The Morgan fingerprint density at radius 2 is 1.84 bits per heavy atom. The Balaban J connectivity index is 2.63. The van der Waals surface area contributed by atoms with Gasteiger partial charge in [-0.05, 0) is 62.5 Å². The molecule has 0 unspecified atom stereocenters. The number of halogens is 1. The van der Waals surface area contributed by atoms with Crippen molar-refractivity contribution in [3.05, 3.63) is 28.8 Å². The van der Waals surface area contributed by atoms with Crippen LogP contribution in [0.5, 0.6) is 0 Å². The van der Waals surface area contributed by atoms with E-state index in [1.165, 1.54) is 6.07 Å². The first kappa shape index (κ1) is 14.4. The maximum absolute atomic E-state index is 15.1. The van der Waals surface area contributed by atoms with Gasteiger partial charge in [-0.2, -0.15) is 8.42 Å². The molecule has 19 heavy (non-hydrogen) atoms. The SMILES string of the molecule is Cc1ccc(S(=O)(=O)O)c(C)c1C1(F)CCNCC1. The summed E-state index contributed by atoms with van der Waals surface area (Å²) >= 11 is 0. The zero-order valence-corrected chi connectivity index (χ0v) is 11.8. The van der Waals surface area contributed by atoms with E-state index in [0.717, 1.165) is 0 Å². The summed E-state index contributed by atoms with van der Waals surface area (Å²) in [6.45, 7) is 4.44. The smallest absolute Gasteiger partial charge is 0.294 e. The average molecular weight is 287 g/mol. The van der Waals surface area contributed by atoms with Gasteiger partial charge in [-0.1, -0.05) is 6.07 Å². The molecule has 0 aliphatic carbocycles. The molecule has 1 fully saturated rings. The second-order valence-corrected chi connectivity index (χ2v) is 6.46. The highest BCUT2D eigenvalue weighted by Gasteiger charge is 2.37. The summed E-state index contributed by atoms with van der Waals surface area (Å²) in [7, 11) is -4.32. The molecule has 1 aromatic carbocycles. The lowest BCUT2D eigenvalue weighted by molar-refractivity contribution is 0.113. The maximum atomic E-state index is 15.1. The number of alkyl halides is 1. The lowest BCUT2D eigenvalue weighted by Crippen LogP contribution is -2.37. The zero-order valence-electron chi connectivity index (χ0n) is 11.0. The Bertz CT molecular complexity index is 592. The van der Waals surface area contributed by atoms with E-state index < -0.39 is 15.8 Å². The molecule has 1 aromatic rings. The third kappa shape index (κ3) is 2.66. The van der Waals surface area contributed by atoms with E-state index in [-0.39, 0.29) is 4.90 Å². The molecule has 0 bridgehead atoms. The van der Waals surface area contributed by atoms with Crippen molar-refractivity contribution in [3.8, 4) is 0 Å². The van der Waals surface area contributed by atoms with Crippen molar-refractivity contribution in [1.29, 1.82) is 0 Å². The molecular weight excluding hydrogens is 269 g/mol. The van der Waals surface area contributed by atoms with Crippen molar-refractivity contribution >= 4 is 10.1 Å². The van der Waals surface area contributed by atoms with Crippen LogP contribution in [-0.4, -0.2) is 26.1 Å². The maximum Gasteiger partial charge on any atom is 0.294 e. The summed E-state index contributed by atoms with van der Waals surface area (Å²) in [5.41, 5.74) is -0.0922. The van der Waals surface area contributed by atoms with Crippen molar-refractivity contribution in [1.82, 2.24) is 5.32 Å². The van der Waals surface area contributed by atoms with Gasteiger partial charge in [-0.3, -0.25) is 4.55 Å². The van der Waals surface area contributed by atoms with E-state index in [1.807, 2.05) is 0 Å². The van der Waals surface area contributed by atoms with Crippen LogP contribution in [-0.2, 0) is 15.8 Å². The van der Waals surface area contributed by atoms with Gasteiger partial charge < -0.3 is 5.32 Å². The highest BCUT2D eigenvalue weighted by Crippen LogP contribution is 2.40. The second kappa shape index (κ2) is 4.85. The van der Waals surface area contributed by atoms with Crippen LogP contribution in [0.2, 0.25) is 0 Å². The number of hydrogen-bond donors (Lipinski definition) is 2. The molecule has 1 heterocycles. The fraction of sp³-hybridized carbons (Fsp3) is 0.538. The Morgan fingerprint density at radius 3 is 2.37 bits per heavy atom. The lowest BCUT2D eigenvalue weighted by atomic mass is 9.82. The Kier molecular flexibility index (Phi) is 3.68. The summed E-state index contributed by atoms with van der Waals surface area (Å²) in [6, 6.07) is 2.88. The third-order valence-corrected chi connectivity index (χ3v) is 4.74. The second-order valence-electron chi connectivity index (χ2n) is 5.07. The van der Waals surface area contributed by atoms with E-state index >= 15 is 4.39 Å². The molecule has 2 N–H and O–H groups in total. The van der Waals surface area contributed by atoms with Gasteiger partial charge in [0, 0.05) is 0 Å². The molecule has 6 heteroatoms. The van der Waals surface area contributed by atoms with Crippen molar-refractivity contribution in [2.45, 2.75) is 37.3 Å². The summed E-state index contributed by atoms with van der Waals surface area (Å²) in [4.78, 5) is -0.205. The minimum Gasteiger partial charge on any atom is -0.316 e. The molecule has 2 rings (SSSR count). The van der Waals surface area contributed by atoms with Gasteiger partial charge >= 0.3 is 0 Å². The Labute approximate surface area is 112 Å². The Hall–Kier alpha value is -0.980. The molecule has 1 aliphatic rings. The molecule has 0 aromatic heterocycles. The van der Waals surface area contributed by atoms with Gasteiger partial charge in [0.15, 0.2) is 0 Å². The standard InChI is InChI=1S/C13H18FNO3S/c1-9-3-4-11(19(16,17)18)10(2)12(9)13(14)5-7-15-8-6-13/h3-4,15H,5-8H2,1-2H3,(H,16,17,18). The van der Waals surface area contributed by atoms with E-state index in [0.29, 0.717) is 42.6 Å². The first-order chi connectivity index (χ1) is 8.76. The first-order valence-corrected chi connectivity index (χ1v) is 7.67. The monoisotopic (exact) mass is 287 g/mol. The molecule has 0 saturated carbocycles. The van der Waals surface area contributed by atoms with Gasteiger partial charge in [-0.25, -0.2) is 4.39 Å². The van der Waals surface area contributed by atoms with Crippen LogP contribution in [0.15, 0.2) is 17.0 Å². The summed E-state index contributed by atoms with van der Waals surface area (Å²) in [5.74, 6) is 0. The fourth-order valence-corrected chi connectivity index (χ4v) is 3.60. The molecule has 1 saturated heterocycles. The van der Waals surface area contributed by atoms with Crippen LogP contribution >= 0.6 is 0 Å². The summed E-state index contributed by atoms with van der Waals surface area (Å²) in [6.07, 6.45) is 0.618. The van der Waals surface area contributed by atoms with E-state index in [4.69, 9.17) is 0 Å². The number of rotatable bonds is 2. The lowest BCUT2D eigenvalue weighted by Gasteiger charge is -2.33. The van der Waals surface area contributed by atoms with E-state index in [1.54, 1.807) is 19.9 Å². The molecule has 0 amide bonds. The quantitative estimate of drug-likeness (QED) is 0.818. The molecular formula is C13H18FNO3S. The van der Waals surface area contributed by atoms with Crippen LogP contribution in [0, 0.1) is 13.8 Å². The van der Waals surface area contributed by atoms with Crippen molar-refractivity contribution < 1.29 is 17.4 Å². The molecule has 0 spiro atoms. The minimum absolute atomic E-state index is 0.205. The van der Waals surface area contributed by atoms with E-state index in [2.05, 4.69) is 5.32 Å². The predicted octanol–water partition coefficient (Wildman–Crippen LogP) is 2.10. The predicted molar refractivity (Wildman–Crippen MR) is 70.6 cm³/mol. The van der Waals surface area contributed by atoms with Gasteiger partial charge in [0.2, 0.25) is 0 Å². The number of hydrogen-bond acceptors (Lipinski definition) is 3. The number of benzene rings is 1. The van der Waals surface area contributed by atoms with Gasteiger partial charge in [0.25, 0.3) is 10.1 Å². The fourth-order valence-electron chi connectivity index (χ4n) is 2.87. The first-order valence-electron chi connectivity index (χ1n) is 6.23. The third-order valence-electron chi connectivity index (χ3n) is 3.75. The van der Waals surface area contributed by atoms with Gasteiger partial charge in [0.05, 0.1) is 4.90 Å².